The number of hydrogen-bond acceptors (Lipinski definition) is 7. The summed E-state index contributed by atoms with van der Waals surface area (Å²) < 4.78 is 26.5. The molecule has 0 radical (unpaired) electrons. The van der Waals surface area contributed by atoms with Crippen molar-refractivity contribution in [2.75, 3.05) is 19.7 Å². The number of phenolic OH excluding ortho intramolecular Hbond substituents is 1. The van der Waals surface area contributed by atoms with E-state index in [9.17, 15) is 13.7 Å². The average Bonchev–Trinajstić information content (AvgIpc) is 3.11. The maximum Gasteiger partial charge on any atom is 0.144 e. The summed E-state index contributed by atoms with van der Waals surface area (Å²) in [6, 6.07) is 10.1. The van der Waals surface area contributed by atoms with Crippen molar-refractivity contribution in [1.82, 2.24) is 9.29 Å². The summed E-state index contributed by atoms with van der Waals surface area (Å²) >= 11 is 0. The van der Waals surface area contributed by atoms with E-state index in [2.05, 4.69) is 4.98 Å². The highest BCUT2D eigenvalue weighted by molar-refractivity contribution is 7.82. The summed E-state index contributed by atoms with van der Waals surface area (Å²) in [5.41, 5.74) is -0.412. The lowest BCUT2D eigenvalue weighted by molar-refractivity contribution is -0.000505. The first-order valence-corrected chi connectivity index (χ1v) is 9.60. The second-order valence-corrected chi connectivity index (χ2v) is 7.87. The molecule has 1 aromatic carbocycles. The minimum absolute atomic E-state index is 0.0576. The molecule has 1 saturated heterocycles. The lowest BCUT2D eigenvalue weighted by Gasteiger charge is -2.20. The number of nitrogens with zero attached hydrogens (tertiary/aromatic N) is 4. The van der Waals surface area contributed by atoms with Crippen molar-refractivity contribution in [3.05, 3.63) is 53.1 Å². The van der Waals surface area contributed by atoms with Crippen molar-refractivity contribution in [2.24, 2.45) is 0 Å². The lowest BCUT2D eigenvalue weighted by Crippen LogP contribution is -2.37. The van der Waals surface area contributed by atoms with Gasteiger partial charge in [-0.3, -0.25) is 0 Å². The van der Waals surface area contributed by atoms with Crippen molar-refractivity contribution in [1.29, 1.82) is 10.5 Å². The molecule has 1 aliphatic heterocycles. The third-order valence-corrected chi connectivity index (χ3v) is 5.83. The molecule has 2 aromatic rings. The number of nitriles is 2. The number of aromatic hydroxyl groups is 1. The maximum atomic E-state index is 12.5. The third kappa shape index (κ3) is 5.56. The number of halogens is 1. The molecule has 2 heterocycles. The molecule has 1 aromatic heterocycles. The van der Waals surface area contributed by atoms with Crippen LogP contribution >= 0.6 is 0 Å². The molecule has 8 nitrogen and oxygen atoms in total. The number of hydrogen-bond donors (Lipinski definition) is 3. The van der Waals surface area contributed by atoms with Gasteiger partial charge in [0.25, 0.3) is 0 Å². The summed E-state index contributed by atoms with van der Waals surface area (Å²) in [5.74, 6) is -0.862. The first kappa shape index (κ1) is 22.4. The van der Waals surface area contributed by atoms with E-state index in [1.54, 1.807) is 23.4 Å². The van der Waals surface area contributed by atoms with Crippen LogP contribution in [0.15, 0.2) is 35.2 Å². The van der Waals surface area contributed by atoms with E-state index < -0.39 is 22.4 Å². The van der Waals surface area contributed by atoms with Gasteiger partial charge in [0, 0.05) is 19.2 Å². The molecule has 0 aliphatic carbocycles. The topological polar surface area (TPSA) is 141 Å². The van der Waals surface area contributed by atoms with E-state index in [1.165, 1.54) is 18.2 Å². The lowest BCUT2D eigenvalue weighted by atomic mass is 10.1. The first-order chi connectivity index (χ1) is 13.7. The Balaban J connectivity index is 0.000000253. The molecule has 0 bridgehead atoms. The fourth-order valence-electron chi connectivity index (χ4n) is 2.62. The minimum Gasteiger partial charge on any atom is -0.508 e. The highest BCUT2D eigenvalue weighted by Crippen LogP contribution is 2.25. The summed E-state index contributed by atoms with van der Waals surface area (Å²) in [4.78, 5) is 4.58. The van der Waals surface area contributed by atoms with Gasteiger partial charge in [-0.15, -0.1) is 0 Å². The van der Waals surface area contributed by atoms with Crippen LogP contribution in [0.1, 0.15) is 23.4 Å². The van der Waals surface area contributed by atoms with Crippen molar-refractivity contribution < 1.29 is 23.9 Å². The Morgan fingerprint density at radius 3 is 2.55 bits per heavy atom. The quantitative estimate of drug-likeness (QED) is 0.678. The molecule has 1 aliphatic rings. The Morgan fingerprint density at radius 1 is 1.31 bits per heavy atom. The zero-order chi connectivity index (χ0) is 21.6. The van der Waals surface area contributed by atoms with Gasteiger partial charge in [-0.2, -0.15) is 10.5 Å². The largest absolute Gasteiger partial charge is 0.508 e. The molecule has 0 amide bonds. The fourth-order valence-corrected chi connectivity index (χ4v) is 3.99. The molecule has 3 N–H and O–H groups in total. The van der Waals surface area contributed by atoms with Crippen molar-refractivity contribution >= 4 is 11.0 Å². The van der Waals surface area contributed by atoms with E-state index >= 15 is 0 Å². The summed E-state index contributed by atoms with van der Waals surface area (Å²) in [6.07, 6.45) is 0.387. The number of aliphatic hydroxyl groups excluding tert-OH is 1. The molecule has 1 fully saturated rings. The number of β-amino-alcohol motifs (C(OH)–C–C–N with tert-alkyl or cyclic N) is 1. The SMILES string of the molecule is Cc1nc(C#N)ccc1S(=O)N1CCC(O)(CO)C1.N#Cc1ccc(O)cc1F. The predicted molar refractivity (Wildman–Crippen MR) is 101 cm³/mol. The van der Waals surface area contributed by atoms with E-state index in [0.717, 1.165) is 6.07 Å². The second kappa shape index (κ2) is 9.54. The van der Waals surface area contributed by atoms with Crippen LogP contribution in [0.5, 0.6) is 5.75 Å². The molecule has 29 heavy (non-hydrogen) atoms. The van der Waals surface area contributed by atoms with E-state index in [4.69, 9.17) is 20.7 Å². The van der Waals surface area contributed by atoms with Crippen LogP contribution in [-0.2, 0) is 11.0 Å². The fraction of sp³-hybridized carbons (Fsp3) is 0.316. The molecule has 2 unspecified atom stereocenters. The summed E-state index contributed by atoms with van der Waals surface area (Å²) in [6.45, 7) is 1.96. The monoisotopic (exact) mass is 418 g/mol. The second-order valence-electron chi connectivity index (χ2n) is 6.41. The number of benzene rings is 1. The summed E-state index contributed by atoms with van der Waals surface area (Å²) in [5, 5.41) is 44.7. The molecule has 152 valence electrons. The van der Waals surface area contributed by atoms with Crippen molar-refractivity contribution in [3.8, 4) is 17.9 Å². The van der Waals surface area contributed by atoms with Gasteiger partial charge in [0.15, 0.2) is 0 Å². The molecule has 2 atom stereocenters. The van der Waals surface area contributed by atoms with Gasteiger partial charge in [-0.05, 0) is 37.6 Å². The van der Waals surface area contributed by atoms with Crippen molar-refractivity contribution in [2.45, 2.75) is 23.8 Å². The van der Waals surface area contributed by atoms with Gasteiger partial charge >= 0.3 is 0 Å². The average molecular weight is 418 g/mol. The van der Waals surface area contributed by atoms with Gasteiger partial charge < -0.3 is 15.3 Å². The molecular weight excluding hydrogens is 399 g/mol. The number of aryl methyl sites for hydroxylation is 1. The number of aromatic nitrogens is 1. The Morgan fingerprint density at radius 2 is 2.03 bits per heavy atom. The van der Waals surface area contributed by atoms with Crippen LogP contribution in [0.25, 0.3) is 0 Å². The van der Waals surface area contributed by atoms with Gasteiger partial charge in [0.1, 0.15) is 46.0 Å². The van der Waals surface area contributed by atoms with Crippen LogP contribution in [0.4, 0.5) is 4.39 Å². The summed E-state index contributed by atoms with van der Waals surface area (Å²) in [7, 11) is -1.44. The van der Waals surface area contributed by atoms with Crippen molar-refractivity contribution in [3.63, 3.8) is 0 Å². The standard InChI is InChI=1S/C12H15N3O3S.C7H4FNO/c1-9-11(3-2-10(6-13)14-9)19(18)15-5-4-12(17,7-15)8-16;8-7-3-6(10)2-1-5(7)4-9/h2-3,16-17H,4-5,7-8H2,1H3;1-3,10H. The Bertz CT molecular complexity index is 1000. The molecule has 0 spiro atoms. The van der Waals surface area contributed by atoms with Gasteiger partial charge in [0.05, 0.1) is 22.8 Å². The van der Waals surface area contributed by atoms with E-state index in [1.807, 2.05) is 6.07 Å². The molecule has 0 saturated carbocycles. The number of pyridine rings is 1. The molecular formula is C19H19FN4O4S. The normalized spacial score (nSPS) is 19.5. The maximum absolute atomic E-state index is 12.5. The van der Waals surface area contributed by atoms with Crippen LogP contribution in [0.2, 0.25) is 0 Å². The van der Waals surface area contributed by atoms with Gasteiger partial charge in [-0.1, -0.05) is 0 Å². The third-order valence-electron chi connectivity index (χ3n) is 4.24. The number of phenols is 1. The molecule has 3 rings (SSSR count). The van der Waals surface area contributed by atoms with Crippen LogP contribution < -0.4 is 0 Å². The van der Waals surface area contributed by atoms with E-state index in [-0.39, 0.29) is 30.2 Å². The minimum atomic E-state index is -1.44. The Labute approximate surface area is 169 Å². The smallest absolute Gasteiger partial charge is 0.144 e. The first-order valence-electron chi connectivity index (χ1n) is 8.49. The Hall–Kier alpha value is -2.89. The zero-order valence-electron chi connectivity index (χ0n) is 15.5. The highest BCUT2D eigenvalue weighted by Gasteiger charge is 2.38. The highest BCUT2D eigenvalue weighted by atomic mass is 32.2. The molecule has 10 heteroatoms. The predicted octanol–water partition coefficient (Wildman–Crippen LogP) is 1.12. The Kier molecular flexibility index (Phi) is 7.37. The van der Waals surface area contributed by atoms with Crippen LogP contribution in [0.3, 0.4) is 0 Å². The number of aliphatic hydroxyl groups is 2. The van der Waals surface area contributed by atoms with Gasteiger partial charge in [-0.25, -0.2) is 17.9 Å². The number of rotatable bonds is 3. The van der Waals surface area contributed by atoms with Crippen LogP contribution in [0, 0.1) is 35.4 Å². The van der Waals surface area contributed by atoms with E-state index in [0.29, 0.717) is 23.6 Å². The zero-order valence-corrected chi connectivity index (χ0v) is 16.4. The van der Waals surface area contributed by atoms with Gasteiger partial charge in [0.2, 0.25) is 0 Å². The van der Waals surface area contributed by atoms with Crippen LogP contribution in [-0.4, -0.2) is 54.1 Å².